The molecular formula is C12H18ClN3O2. The highest BCUT2D eigenvalue weighted by Crippen LogP contribution is 2.23. The summed E-state index contributed by atoms with van der Waals surface area (Å²) in [4.78, 5) is 10.5. The molecule has 5 nitrogen and oxygen atoms in total. The van der Waals surface area contributed by atoms with Crippen molar-refractivity contribution in [3.8, 4) is 0 Å². The minimum atomic E-state index is 0.0842. The van der Waals surface area contributed by atoms with E-state index in [1.807, 2.05) is 6.92 Å². The average molecular weight is 272 g/mol. The van der Waals surface area contributed by atoms with Gasteiger partial charge in [0.15, 0.2) is 0 Å². The topological polar surface area (TPSA) is 58.5 Å². The average Bonchev–Trinajstić information content (AvgIpc) is 2.40. The smallest absolute Gasteiger partial charge is 0.224 e. The van der Waals surface area contributed by atoms with Gasteiger partial charge in [-0.15, -0.1) is 0 Å². The van der Waals surface area contributed by atoms with Crippen LogP contribution in [-0.4, -0.2) is 47.5 Å². The van der Waals surface area contributed by atoms with Crippen molar-refractivity contribution in [1.29, 1.82) is 0 Å². The zero-order valence-corrected chi connectivity index (χ0v) is 11.2. The van der Waals surface area contributed by atoms with Gasteiger partial charge in [-0.25, -0.2) is 9.97 Å². The molecule has 1 fully saturated rings. The van der Waals surface area contributed by atoms with E-state index in [2.05, 4.69) is 14.9 Å². The van der Waals surface area contributed by atoms with Crippen molar-refractivity contribution in [3.63, 3.8) is 0 Å². The second kappa shape index (κ2) is 6.31. The van der Waals surface area contributed by atoms with Gasteiger partial charge in [-0.2, -0.15) is 0 Å². The second-order valence-corrected chi connectivity index (χ2v) is 4.76. The van der Waals surface area contributed by atoms with Crippen LogP contribution in [0.1, 0.15) is 18.4 Å². The number of aryl methyl sites for hydroxylation is 1. The first kappa shape index (κ1) is 13.5. The third-order valence-electron chi connectivity index (χ3n) is 3.10. The number of ether oxygens (including phenoxy) is 1. The molecule has 0 bridgehead atoms. The monoisotopic (exact) mass is 271 g/mol. The molecule has 6 heteroatoms. The Kier molecular flexibility index (Phi) is 4.74. The zero-order chi connectivity index (χ0) is 13.0. The summed E-state index contributed by atoms with van der Waals surface area (Å²) in [6.07, 6.45) is 3.88. The number of halogens is 1. The Morgan fingerprint density at radius 3 is 2.89 bits per heavy atom. The van der Waals surface area contributed by atoms with Gasteiger partial charge in [0.05, 0.1) is 19.3 Å². The van der Waals surface area contributed by atoms with Crippen molar-refractivity contribution in [2.45, 2.75) is 25.9 Å². The molecule has 0 atom stereocenters. The fourth-order valence-corrected chi connectivity index (χ4v) is 2.31. The number of hydrogen-bond donors (Lipinski definition) is 1. The Labute approximate surface area is 112 Å². The summed E-state index contributed by atoms with van der Waals surface area (Å²) < 4.78 is 5.53. The van der Waals surface area contributed by atoms with Gasteiger partial charge < -0.3 is 14.7 Å². The lowest BCUT2D eigenvalue weighted by molar-refractivity contribution is 0.0158. The highest BCUT2D eigenvalue weighted by atomic mass is 35.5. The van der Waals surface area contributed by atoms with E-state index in [0.29, 0.717) is 6.61 Å². The van der Waals surface area contributed by atoms with Crippen LogP contribution in [-0.2, 0) is 4.74 Å². The maximum atomic E-state index is 8.73. The van der Waals surface area contributed by atoms with E-state index in [1.165, 1.54) is 0 Å². The van der Waals surface area contributed by atoms with Crippen molar-refractivity contribution in [3.05, 3.63) is 17.0 Å². The van der Waals surface area contributed by atoms with Gasteiger partial charge in [0, 0.05) is 24.8 Å². The van der Waals surface area contributed by atoms with Crippen molar-refractivity contribution < 1.29 is 9.84 Å². The van der Waals surface area contributed by atoms with E-state index in [9.17, 15) is 0 Å². The van der Waals surface area contributed by atoms with E-state index < -0.39 is 0 Å². The van der Waals surface area contributed by atoms with E-state index in [0.717, 1.165) is 37.3 Å². The Hall–Kier alpha value is -0.910. The molecule has 1 aromatic rings. The minimum Gasteiger partial charge on any atom is -0.394 e. The molecule has 0 aromatic carbocycles. The molecule has 0 saturated carbocycles. The third-order valence-corrected chi connectivity index (χ3v) is 3.28. The standard InChI is InChI=1S/C12H18ClN3O2/c1-9-8-14-12(13)15-11(9)16-4-2-10(3-5-16)18-7-6-17/h8,10,17H,2-7H2,1H3. The largest absolute Gasteiger partial charge is 0.394 e. The summed E-state index contributed by atoms with van der Waals surface area (Å²) in [5, 5.41) is 9.01. The molecule has 2 rings (SSSR count). The van der Waals surface area contributed by atoms with Crippen molar-refractivity contribution in [2.24, 2.45) is 0 Å². The third kappa shape index (κ3) is 3.31. The predicted molar refractivity (Wildman–Crippen MR) is 70.1 cm³/mol. The molecule has 2 heterocycles. The van der Waals surface area contributed by atoms with Crippen LogP contribution in [0.25, 0.3) is 0 Å². The highest BCUT2D eigenvalue weighted by Gasteiger charge is 2.21. The Bertz CT molecular complexity index is 395. The van der Waals surface area contributed by atoms with Gasteiger partial charge in [-0.3, -0.25) is 0 Å². The predicted octanol–water partition coefficient (Wildman–Crippen LogP) is 1.42. The number of aromatic nitrogens is 2. The molecule has 18 heavy (non-hydrogen) atoms. The molecule has 0 amide bonds. The lowest BCUT2D eigenvalue weighted by atomic mass is 10.1. The van der Waals surface area contributed by atoms with Gasteiger partial charge in [-0.1, -0.05) is 0 Å². The van der Waals surface area contributed by atoms with Crippen molar-refractivity contribution >= 4 is 17.4 Å². The number of hydrogen-bond acceptors (Lipinski definition) is 5. The quantitative estimate of drug-likeness (QED) is 0.840. The van der Waals surface area contributed by atoms with Gasteiger partial charge >= 0.3 is 0 Å². The molecular weight excluding hydrogens is 254 g/mol. The van der Waals surface area contributed by atoms with Crippen molar-refractivity contribution in [2.75, 3.05) is 31.2 Å². The number of aliphatic hydroxyl groups excluding tert-OH is 1. The van der Waals surface area contributed by atoms with Crippen LogP contribution in [0.5, 0.6) is 0 Å². The molecule has 1 saturated heterocycles. The molecule has 1 aliphatic heterocycles. The fraction of sp³-hybridized carbons (Fsp3) is 0.667. The number of aliphatic hydroxyl groups is 1. The van der Waals surface area contributed by atoms with Crippen LogP contribution < -0.4 is 4.90 Å². The Balaban J connectivity index is 1.94. The van der Waals surface area contributed by atoms with Gasteiger partial charge in [0.1, 0.15) is 5.82 Å². The van der Waals surface area contributed by atoms with E-state index >= 15 is 0 Å². The highest BCUT2D eigenvalue weighted by molar-refractivity contribution is 6.28. The van der Waals surface area contributed by atoms with E-state index in [1.54, 1.807) is 6.20 Å². The van der Waals surface area contributed by atoms with Crippen LogP contribution in [0.4, 0.5) is 5.82 Å². The first-order valence-electron chi connectivity index (χ1n) is 6.17. The number of rotatable bonds is 4. The summed E-state index contributed by atoms with van der Waals surface area (Å²) in [7, 11) is 0. The van der Waals surface area contributed by atoms with Crippen LogP contribution >= 0.6 is 11.6 Å². The maximum absolute atomic E-state index is 8.73. The molecule has 100 valence electrons. The minimum absolute atomic E-state index is 0.0842. The summed E-state index contributed by atoms with van der Waals surface area (Å²) in [6, 6.07) is 0. The fourth-order valence-electron chi connectivity index (χ4n) is 2.19. The molecule has 0 unspecified atom stereocenters. The van der Waals surface area contributed by atoms with Crippen LogP contribution in [0.3, 0.4) is 0 Å². The first-order valence-corrected chi connectivity index (χ1v) is 6.55. The van der Waals surface area contributed by atoms with E-state index in [4.69, 9.17) is 21.4 Å². The molecule has 0 spiro atoms. The van der Waals surface area contributed by atoms with Gasteiger partial charge in [0.2, 0.25) is 5.28 Å². The van der Waals surface area contributed by atoms with Crippen molar-refractivity contribution in [1.82, 2.24) is 9.97 Å². The van der Waals surface area contributed by atoms with Crippen LogP contribution in [0, 0.1) is 6.92 Å². The van der Waals surface area contributed by atoms with E-state index in [-0.39, 0.29) is 18.0 Å². The van der Waals surface area contributed by atoms with Crippen LogP contribution in [0.2, 0.25) is 5.28 Å². The normalized spacial score (nSPS) is 17.2. The zero-order valence-electron chi connectivity index (χ0n) is 10.5. The SMILES string of the molecule is Cc1cnc(Cl)nc1N1CCC(OCCO)CC1. The Morgan fingerprint density at radius 2 is 2.22 bits per heavy atom. The molecule has 1 aliphatic rings. The molecule has 1 aromatic heterocycles. The number of anilines is 1. The summed E-state index contributed by atoms with van der Waals surface area (Å²) in [5.41, 5.74) is 1.04. The lowest BCUT2D eigenvalue weighted by Crippen LogP contribution is -2.38. The molecule has 0 aliphatic carbocycles. The Morgan fingerprint density at radius 1 is 1.50 bits per heavy atom. The van der Waals surface area contributed by atoms with Gasteiger partial charge in [-0.05, 0) is 31.4 Å². The molecule has 1 N–H and O–H groups in total. The number of piperidine rings is 1. The first-order chi connectivity index (χ1) is 8.70. The lowest BCUT2D eigenvalue weighted by Gasteiger charge is -2.33. The summed E-state index contributed by atoms with van der Waals surface area (Å²) in [6.45, 7) is 4.28. The summed E-state index contributed by atoms with van der Waals surface area (Å²) >= 11 is 5.83. The van der Waals surface area contributed by atoms with Crippen LogP contribution in [0.15, 0.2) is 6.20 Å². The second-order valence-electron chi connectivity index (χ2n) is 4.43. The molecule has 0 radical (unpaired) electrons. The number of nitrogens with zero attached hydrogens (tertiary/aromatic N) is 3. The maximum Gasteiger partial charge on any atom is 0.224 e. The summed E-state index contributed by atoms with van der Waals surface area (Å²) in [5.74, 6) is 0.913. The van der Waals surface area contributed by atoms with Gasteiger partial charge in [0.25, 0.3) is 0 Å².